The van der Waals surface area contributed by atoms with Gasteiger partial charge in [-0.1, -0.05) is 18.2 Å². The van der Waals surface area contributed by atoms with Crippen LogP contribution in [0.5, 0.6) is 0 Å². The molecule has 7 heteroatoms. The number of carbonyl (C=O) groups excluding carboxylic acids is 1. The Balaban J connectivity index is 1.73. The highest BCUT2D eigenvalue weighted by Gasteiger charge is 2.14. The maximum Gasteiger partial charge on any atom is 0.257 e. The van der Waals surface area contributed by atoms with Crippen molar-refractivity contribution in [1.82, 2.24) is 24.8 Å². The zero-order valence-electron chi connectivity index (χ0n) is 12.9. The average molecular weight is 318 g/mol. The first-order valence-electron chi connectivity index (χ1n) is 7.42. The third kappa shape index (κ3) is 2.32. The molecule has 1 amide bonds. The molecule has 0 saturated heterocycles. The van der Waals surface area contributed by atoms with Crippen LogP contribution in [0, 0.1) is 0 Å². The molecule has 2 aromatic carbocycles. The smallest absolute Gasteiger partial charge is 0.257 e. The molecule has 0 atom stereocenters. The third-order valence-electron chi connectivity index (χ3n) is 3.92. The Morgan fingerprint density at radius 3 is 2.79 bits per heavy atom. The van der Waals surface area contributed by atoms with Crippen molar-refractivity contribution in [3.05, 3.63) is 66.6 Å². The van der Waals surface area contributed by atoms with E-state index < -0.39 is 0 Å². The molecule has 24 heavy (non-hydrogen) atoms. The summed E-state index contributed by atoms with van der Waals surface area (Å²) in [6.07, 6.45) is 3.43. The molecule has 0 radical (unpaired) electrons. The molecule has 0 aliphatic heterocycles. The molecule has 1 N–H and O–H groups in total. The largest absolute Gasteiger partial charge is 0.350 e. The number of fused-ring (bicyclic) bond motifs is 1. The molecule has 7 nitrogen and oxygen atoms in total. The molecule has 0 unspecified atom stereocenters. The van der Waals surface area contributed by atoms with Crippen LogP contribution < -0.4 is 5.32 Å². The van der Waals surface area contributed by atoms with E-state index >= 15 is 0 Å². The van der Waals surface area contributed by atoms with E-state index in [1.165, 1.54) is 11.0 Å². The number of carbonyl (C=O) groups is 1. The van der Waals surface area contributed by atoms with Crippen LogP contribution in [0.25, 0.3) is 16.6 Å². The van der Waals surface area contributed by atoms with Crippen molar-refractivity contribution in [3.8, 4) is 5.69 Å². The van der Waals surface area contributed by atoms with Gasteiger partial charge >= 0.3 is 0 Å². The lowest BCUT2D eigenvalue weighted by atomic mass is 10.1. The summed E-state index contributed by atoms with van der Waals surface area (Å²) in [6, 6.07) is 15.0. The number of hydrogen-bond acceptors (Lipinski definition) is 4. The molecule has 2 heterocycles. The second kappa shape index (κ2) is 5.62. The van der Waals surface area contributed by atoms with Gasteiger partial charge < -0.3 is 9.88 Å². The van der Waals surface area contributed by atoms with Crippen LogP contribution in [-0.2, 0) is 7.05 Å². The number of rotatable bonds is 3. The highest BCUT2D eigenvalue weighted by molar-refractivity contribution is 6.10. The second-order valence-corrected chi connectivity index (χ2v) is 5.39. The zero-order chi connectivity index (χ0) is 16.5. The normalized spacial score (nSPS) is 10.9. The van der Waals surface area contributed by atoms with E-state index in [9.17, 15) is 4.79 Å². The van der Waals surface area contributed by atoms with Crippen LogP contribution in [0.3, 0.4) is 0 Å². The van der Waals surface area contributed by atoms with E-state index in [0.29, 0.717) is 11.3 Å². The molecular weight excluding hydrogens is 304 g/mol. The monoisotopic (exact) mass is 318 g/mol. The molecule has 2 aromatic heterocycles. The summed E-state index contributed by atoms with van der Waals surface area (Å²) in [4.78, 5) is 12.8. The maximum atomic E-state index is 12.8. The highest BCUT2D eigenvalue weighted by Crippen LogP contribution is 2.25. The molecule has 4 rings (SSSR count). The predicted molar refractivity (Wildman–Crippen MR) is 90.0 cm³/mol. The Labute approximate surface area is 137 Å². The Hall–Kier alpha value is -3.48. The number of amides is 1. The fourth-order valence-corrected chi connectivity index (χ4v) is 2.74. The number of hydrogen-bond donors (Lipinski definition) is 1. The van der Waals surface area contributed by atoms with Gasteiger partial charge in [0.2, 0.25) is 0 Å². The summed E-state index contributed by atoms with van der Waals surface area (Å²) < 4.78 is 3.48. The Morgan fingerprint density at radius 2 is 1.96 bits per heavy atom. The van der Waals surface area contributed by atoms with Crippen molar-refractivity contribution in [3.63, 3.8) is 0 Å². The average Bonchev–Trinajstić information content (AvgIpc) is 3.26. The summed E-state index contributed by atoms with van der Waals surface area (Å²) in [6.45, 7) is 0. The van der Waals surface area contributed by atoms with Crippen molar-refractivity contribution in [2.45, 2.75) is 0 Å². The SMILES string of the molecule is Cn1ccc2c(NC(=O)c3ccccc3-n3cnnn3)cccc21. The van der Waals surface area contributed by atoms with E-state index in [4.69, 9.17) is 0 Å². The van der Waals surface area contributed by atoms with E-state index in [1.807, 2.05) is 54.2 Å². The number of aryl methyl sites for hydroxylation is 1. The first-order valence-corrected chi connectivity index (χ1v) is 7.42. The number of nitrogens with one attached hydrogen (secondary N) is 1. The zero-order valence-corrected chi connectivity index (χ0v) is 12.9. The fourth-order valence-electron chi connectivity index (χ4n) is 2.74. The minimum absolute atomic E-state index is 0.211. The van der Waals surface area contributed by atoms with Crippen LogP contribution in [0.4, 0.5) is 5.69 Å². The van der Waals surface area contributed by atoms with Gasteiger partial charge in [-0.2, -0.15) is 4.68 Å². The molecule has 0 fully saturated rings. The minimum atomic E-state index is -0.211. The first kappa shape index (κ1) is 14.1. The number of tetrazole rings is 1. The summed E-state index contributed by atoms with van der Waals surface area (Å²) in [5.74, 6) is -0.211. The standard InChI is InChI=1S/C17H14N6O/c1-22-10-9-12-14(6-4-8-15(12)22)19-17(24)13-5-2-3-7-16(13)23-11-18-20-21-23/h2-11H,1H3,(H,19,24). The predicted octanol–water partition coefficient (Wildman–Crippen LogP) is 2.41. The van der Waals surface area contributed by atoms with Crippen LogP contribution >= 0.6 is 0 Å². The van der Waals surface area contributed by atoms with Crippen LogP contribution in [-0.4, -0.2) is 30.7 Å². The molecule has 0 bridgehead atoms. The molecule has 0 saturated carbocycles. The topological polar surface area (TPSA) is 77.6 Å². The Bertz CT molecular complexity index is 1020. The summed E-state index contributed by atoms with van der Waals surface area (Å²) in [5.41, 5.74) is 2.95. The van der Waals surface area contributed by atoms with E-state index in [0.717, 1.165) is 16.6 Å². The minimum Gasteiger partial charge on any atom is -0.350 e. The second-order valence-electron chi connectivity index (χ2n) is 5.39. The maximum absolute atomic E-state index is 12.8. The van der Waals surface area contributed by atoms with Gasteiger partial charge in [-0.25, -0.2) is 0 Å². The van der Waals surface area contributed by atoms with Gasteiger partial charge in [-0.05, 0) is 40.8 Å². The molecule has 4 aromatic rings. The number of aromatic nitrogens is 5. The van der Waals surface area contributed by atoms with Gasteiger partial charge in [0.1, 0.15) is 6.33 Å². The van der Waals surface area contributed by atoms with Gasteiger partial charge in [-0.15, -0.1) is 5.10 Å². The quantitative estimate of drug-likeness (QED) is 0.629. The summed E-state index contributed by atoms with van der Waals surface area (Å²) in [7, 11) is 1.97. The Morgan fingerprint density at radius 1 is 1.08 bits per heavy atom. The third-order valence-corrected chi connectivity index (χ3v) is 3.92. The van der Waals surface area contributed by atoms with Gasteiger partial charge in [0, 0.05) is 24.1 Å². The van der Waals surface area contributed by atoms with Crippen molar-refractivity contribution in [2.75, 3.05) is 5.32 Å². The van der Waals surface area contributed by atoms with Gasteiger partial charge in [0.15, 0.2) is 0 Å². The van der Waals surface area contributed by atoms with Gasteiger partial charge in [0.05, 0.1) is 16.9 Å². The molecule has 0 aliphatic carbocycles. The molecular formula is C17H14N6O. The van der Waals surface area contributed by atoms with Crippen LogP contribution in [0.1, 0.15) is 10.4 Å². The lowest BCUT2D eigenvalue weighted by molar-refractivity contribution is 0.102. The fraction of sp³-hybridized carbons (Fsp3) is 0.0588. The number of para-hydroxylation sites is 1. The van der Waals surface area contributed by atoms with Crippen LogP contribution in [0.2, 0.25) is 0 Å². The lowest BCUT2D eigenvalue weighted by Gasteiger charge is -2.10. The van der Waals surface area contributed by atoms with Crippen molar-refractivity contribution in [2.24, 2.45) is 7.05 Å². The Kier molecular flexibility index (Phi) is 3.31. The first-order chi connectivity index (χ1) is 11.7. The van der Waals surface area contributed by atoms with E-state index in [1.54, 1.807) is 12.1 Å². The van der Waals surface area contributed by atoms with E-state index in [2.05, 4.69) is 20.8 Å². The summed E-state index contributed by atoms with van der Waals surface area (Å²) in [5, 5.41) is 15.1. The van der Waals surface area contributed by atoms with Crippen molar-refractivity contribution in [1.29, 1.82) is 0 Å². The van der Waals surface area contributed by atoms with E-state index in [-0.39, 0.29) is 5.91 Å². The number of nitrogens with zero attached hydrogens (tertiary/aromatic N) is 5. The number of benzene rings is 2. The number of anilines is 1. The van der Waals surface area contributed by atoms with Crippen molar-refractivity contribution < 1.29 is 4.79 Å². The molecule has 0 aliphatic rings. The van der Waals surface area contributed by atoms with Gasteiger partial charge in [0.25, 0.3) is 5.91 Å². The van der Waals surface area contributed by atoms with Gasteiger partial charge in [-0.3, -0.25) is 4.79 Å². The summed E-state index contributed by atoms with van der Waals surface area (Å²) >= 11 is 0. The van der Waals surface area contributed by atoms with Crippen molar-refractivity contribution >= 4 is 22.5 Å². The molecule has 0 spiro atoms. The molecule has 118 valence electrons. The lowest BCUT2D eigenvalue weighted by Crippen LogP contribution is -2.15. The van der Waals surface area contributed by atoms with Crippen LogP contribution in [0.15, 0.2) is 61.1 Å². The highest BCUT2D eigenvalue weighted by atomic mass is 16.1.